The molecule has 0 aliphatic rings. The molecule has 0 fully saturated rings. The van der Waals surface area contributed by atoms with E-state index in [0.29, 0.717) is 0 Å². The van der Waals surface area contributed by atoms with Gasteiger partial charge in [0.25, 0.3) is 10.3 Å². The van der Waals surface area contributed by atoms with Crippen LogP contribution in [0.3, 0.4) is 0 Å². The number of aliphatic hydroxyl groups excluding tert-OH is 2. The van der Waals surface area contributed by atoms with Crippen LogP contribution in [-0.2, 0) is 0 Å². The zero-order valence-corrected chi connectivity index (χ0v) is 9.96. The zero-order chi connectivity index (χ0) is 11.4. The number of unbranched alkanes of at least 4 members (excludes halogenated alkanes) is 3. The van der Waals surface area contributed by atoms with E-state index < -0.39 is 5.17 Å². The van der Waals surface area contributed by atoms with Crippen LogP contribution >= 0.6 is 24.4 Å². The number of rotatable bonds is 5. The average molecular weight is 278 g/mol. The molecule has 0 aromatic rings. The van der Waals surface area contributed by atoms with Gasteiger partial charge in [0.1, 0.15) is 0 Å². The minimum atomic E-state index is -0.500. The Labute approximate surface area is 144 Å². The van der Waals surface area contributed by atoms with Gasteiger partial charge in [-0.25, -0.2) is 0 Å². The Balaban J connectivity index is -0.000000249. The molecule has 5 N–H and O–H groups in total. The van der Waals surface area contributed by atoms with Gasteiger partial charge in [0.05, 0.1) is 0 Å². The van der Waals surface area contributed by atoms with Gasteiger partial charge in [0.2, 0.25) is 0 Å². The maximum absolute atomic E-state index is 8.53. The molecule has 0 heterocycles. The average Bonchev–Trinajstić information content (AvgIpc) is 2.02. The Morgan fingerprint density at radius 1 is 1.20 bits per heavy atom. The van der Waals surface area contributed by atoms with Crippen molar-refractivity contribution in [1.29, 1.82) is 0 Å². The Hall–Kier alpha value is 1.02. The third-order valence-corrected chi connectivity index (χ3v) is 1.45. The van der Waals surface area contributed by atoms with Gasteiger partial charge in [-0.15, -0.1) is 0 Å². The zero-order valence-electron chi connectivity index (χ0n) is 8.32. The summed E-state index contributed by atoms with van der Waals surface area (Å²) in [5, 5.41) is 18.2. The predicted octanol–water partition coefficient (Wildman–Crippen LogP) is 1.14. The maximum atomic E-state index is 8.53. The standard InChI is InChI=1S/C7H15NOS.CH3NOS.K.H/c1-2-3-4-5-6-8-7(9)10;2-1(3)4;;/h2-6H2,1H3,(H2,8,9,10);(H3,2,3,4);;. The van der Waals surface area contributed by atoms with Crippen LogP contribution in [-0.4, -0.2) is 78.5 Å². The molecule has 0 saturated carbocycles. The van der Waals surface area contributed by atoms with E-state index in [4.69, 9.17) is 10.2 Å². The molecule has 0 spiro atoms. The van der Waals surface area contributed by atoms with Crippen LogP contribution < -0.4 is 11.1 Å². The van der Waals surface area contributed by atoms with Gasteiger partial charge in [0, 0.05) is 6.54 Å². The molecule has 0 rings (SSSR count). The Bertz CT molecular complexity index is 167. The van der Waals surface area contributed by atoms with Crippen LogP contribution in [0.2, 0.25) is 0 Å². The van der Waals surface area contributed by atoms with Crippen molar-refractivity contribution in [2.24, 2.45) is 5.73 Å². The second-order valence-electron chi connectivity index (χ2n) is 2.63. The molecule has 7 heteroatoms. The monoisotopic (exact) mass is 278 g/mol. The van der Waals surface area contributed by atoms with E-state index in [2.05, 4.69) is 42.4 Å². The normalized spacial score (nSPS) is 7.80. The Morgan fingerprint density at radius 3 is 2.00 bits per heavy atom. The van der Waals surface area contributed by atoms with Crippen molar-refractivity contribution in [2.45, 2.75) is 32.6 Å². The third-order valence-electron chi connectivity index (χ3n) is 1.31. The minimum absolute atomic E-state index is 0. The summed E-state index contributed by atoms with van der Waals surface area (Å²) in [6, 6.07) is 0. The van der Waals surface area contributed by atoms with Crippen LogP contribution in [0.4, 0.5) is 0 Å². The third kappa shape index (κ3) is 39.6. The second-order valence-corrected chi connectivity index (χ2v) is 3.44. The van der Waals surface area contributed by atoms with Gasteiger partial charge < -0.3 is 21.3 Å². The molecule has 4 nitrogen and oxygen atoms in total. The molecular formula is C8H19KN2O2S2. The first-order valence-electron chi connectivity index (χ1n) is 4.45. The fraction of sp³-hybridized carbons (Fsp3) is 0.750. The summed E-state index contributed by atoms with van der Waals surface area (Å²) in [6.07, 6.45) is 4.81. The fourth-order valence-electron chi connectivity index (χ4n) is 0.747. The first-order chi connectivity index (χ1) is 6.50. The summed E-state index contributed by atoms with van der Waals surface area (Å²) in [5.74, 6) is 0. The van der Waals surface area contributed by atoms with Crippen molar-refractivity contribution < 1.29 is 10.2 Å². The van der Waals surface area contributed by atoms with Crippen molar-refractivity contribution in [3.63, 3.8) is 0 Å². The molecule has 0 unspecified atom stereocenters. The van der Waals surface area contributed by atoms with Gasteiger partial charge in [-0.05, 0) is 30.9 Å². The number of hydrogen-bond acceptors (Lipinski definition) is 2. The molecule has 0 amide bonds. The molecule has 0 atom stereocenters. The van der Waals surface area contributed by atoms with E-state index in [1.54, 1.807) is 0 Å². The van der Waals surface area contributed by atoms with E-state index in [1.807, 2.05) is 0 Å². The molecule has 0 aliphatic heterocycles. The van der Waals surface area contributed by atoms with E-state index in [0.717, 1.165) is 13.0 Å². The van der Waals surface area contributed by atoms with Gasteiger partial charge in [-0.3, -0.25) is 0 Å². The Kier molecular flexibility index (Phi) is 24.7. The SMILES string of the molecule is CCCCCCNC(O)=S.NC(O)=S.[KH]. The molecule has 0 aromatic heterocycles. The molecule has 0 saturated heterocycles. The summed E-state index contributed by atoms with van der Waals surface area (Å²) in [6.45, 7) is 2.97. The van der Waals surface area contributed by atoms with Gasteiger partial charge in [0.15, 0.2) is 0 Å². The van der Waals surface area contributed by atoms with E-state index in [1.165, 1.54) is 19.3 Å². The first kappa shape index (κ1) is 21.3. The van der Waals surface area contributed by atoms with Crippen molar-refractivity contribution >= 4 is 86.2 Å². The van der Waals surface area contributed by atoms with Crippen LogP contribution in [0.15, 0.2) is 0 Å². The van der Waals surface area contributed by atoms with Crippen LogP contribution in [0.1, 0.15) is 32.6 Å². The van der Waals surface area contributed by atoms with Gasteiger partial charge in [-0.2, -0.15) is 0 Å². The van der Waals surface area contributed by atoms with Crippen LogP contribution in [0.25, 0.3) is 0 Å². The molecule has 0 bridgehead atoms. The van der Waals surface area contributed by atoms with Crippen molar-refractivity contribution in [3.8, 4) is 0 Å². The predicted molar refractivity (Wildman–Crippen MR) is 73.9 cm³/mol. The van der Waals surface area contributed by atoms with Gasteiger partial charge in [-0.1, -0.05) is 26.2 Å². The van der Waals surface area contributed by atoms with E-state index in [-0.39, 0.29) is 56.6 Å². The molecule has 0 aromatic carbocycles. The summed E-state index contributed by atoms with van der Waals surface area (Å²) < 4.78 is 0. The van der Waals surface area contributed by atoms with Crippen LogP contribution in [0.5, 0.6) is 0 Å². The van der Waals surface area contributed by atoms with Crippen molar-refractivity contribution in [2.75, 3.05) is 6.54 Å². The number of thiocarbonyl (C=S) groups is 2. The number of nitrogens with one attached hydrogen (secondary N) is 1. The molecule has 15 heavy (non-hydrogen) atoms. The fourth-order valence-corrected chi connectivity index (χ4v) is 0.849. The summed E-state index contributed by atoms with van der Waals surface area (Å²) in [5.41, 5.74) is 4.40. The van der Waals surface area contributed by atoms with Gasteiger partial charge >= 0.3 is 51.4 Å². The number of hydrogen-bond donors (Lipinski definition) is 4. The van der Waals surface area contributed by atoms with Crippen molar-refractivity contribution in [1.82, 2.24) is 5.32 Å². The Morgan fingerprint density at radius 2 is 1.67 bits per heavy atom. The molecular weight excluding hydrogens is 259 g/mol. The summed E-state index contributed by atoms with van der Waals surface area (Å²) >= 11 is 8.29. The summed E-state index contributed by atoms with van der Waals surface area (Å²) in [4.78, 5) is 0. The second kappa shape index (κ2) is 17.4. The first-order valence-corrected chi connectivity index (χ1v) is 5.27. The van der Waals surface area contributed by atoms with Crippen LogP contribution in [0, 0.1) is 0 Å². The quantitative estimate of drug-likeness (QED) is 0.343. The molecule has 0 aliphatic carbocycles. The number of aliphatic hydroxyl groups is 2. The summed E-state index contributed by atoms with van der Waals surface area (Å²) in [7, 11) is 0. The molecule has 86 valence electrons. The topological polar surface area (TPSA) is 78.5 Å². The van der Waals surface area contributed by atoms with Crippen molar-refractivity contribution in [3.05, 3.63) is 0 Å². The van der Waals surface area contributed by atoms with E-state index >= 15 is 0 Å². The van der Waals surface area contributed by atoms with E-state index in [9.17, 15) is 0 Å². The molecule has 0 radical (unpaired) electrons. The number of nitrogens with two attached hydrogens (primary N) is 1.